The molecule has 1 aromatic heterocycles. The first-order valence-electron chi connectivity index (χ1n) is 4.00. The molecule has 0 radical (unpaired) electrons. The molecule has 4 heteroatoms. The molecule has 0 atom stereocenters. The van der Waals surface area contributed by atoms with Crippen LogP contribution in [0.3, 0.4) is 0 Å². The van der Waals surface area contributed by atoms with E-state index < -0.39 is 0 Å². The molecule has 0 saturated carbocycles. The highest BCUT2D eigenvalue weighted by Crippen LogP contribution is 2.30. The summed E-state index contributed by atoms with van der Waals surface area (Å²) in [6, 6.07) is 5.92. The quantitative estimate of drug-likeness (QED) is 0.511. The largest absolute Gasteiger partial charge is 0.236 e. The van der Waals surface area contributed by atoms with Crippen molar-refractivity contribution in [3.05, 3.63) is 37.5 Å². The van der Waals surface area contributed by atoms with Gasteiger partial charge in [-0.2, -0.15) is 0 Å². The van der Waals surface area contributed by atoms with E-state index in [0.29, 0.717) is 10.2 Å². The average Bonchev–Trinajstić information content (AvgIpc) is 2.16. The Hall–Kier alpha value is -0.0600. The molecule has 1 nitrogen and oxygen atoms in total. The lowest BCUT2D eigenvalue weighted by molar-refractivity contribution is 1.33. The minimum Gasteiger partial charge on any atom is -0.236 e. The summed E-state index contributed by atoms with van der Waals surface area (Å²) in [6.07, 6.45) is 0. The molecule has 2 aromatic rings. The SMILES string of the molecule is Cc1c(Cl)nc2ccc(I)cc2c1Cl. The van der Waals surface area contributed by atoms with Gasteiger partial charge in [-0.05, 0) is 47.7 Å². The summed E-state index contributed by atoms with van der Waals surface area (Å²) in [5.41, 5.74) is 1.67. The lowest BCUT2D eigenvalue weighted by atomic mass is 10.2. The second-order valence-corrected chi connectivity index (χ2v) is 4.98. The van der Waals surface area contributed by atoms with E-state index in [2.05, 4.69) is 27.6 Å². The van der Waals surface area contributed by atoms with Gasteiger partial charge in [0.2, 0.25) is 0 Å². The van der Waals surface area contributed by atoms with E-state index in [9.17, 15) is 0 Å². The number of hydrogen-bond acceptors (Lipinski definition) is 1. The molecular formula is C10H6Cl2IN. The van der Waals surface area contributed by atoms with Gasteiger partial charge in [-0.25, -0.2) is 4.98 Å². The Morgan fingerprint density at radius 3 is 2.71 bits per heavy atom. The molecule has 1 heterocycles. The van der Waals surface area contributed by atoms with Gasteiger partial charge in [0.25, 0.3) is 0 Å². The Balaban J connectivity index is 2.92. The van der Waals surface area contributed by atoms with Gasteiger partial charge >= 0.3 is 0 Å². The molecule has 0 spiro atoms. The van der Waals surface area contributed by atoms with Crippen LogP contribution in [-0.2, 0) is 0 Å². The Morgan fingerprint density at radius 2 is 2.00 bits per heavy atom. The fraction of sp³-hybridized carbons (Fsp3) is 0.100. The topological polar surface area (TPSA) is 12.9 Å². The first-order chi connectivity index (χ1) is 6.59. The van der Waals surface area contributed by atoms with Crippen LogP contribution < -0.4 is 0 Å². The Morgan fingerprint density at radius 1 is 1.29 bits per heavy atom. The predicted octanol–water partition coefficient (Wildman–Crippen LogP) is 4.45. The summed E-state index contributed by atoms with van der Waals surface area (Å²) in [5.74, 6) is 0. The molecule has 0 saturated heterocycles. The van der Waals surface area contributed by atoms with E-state index in [1.165, 1.54) is 0 Å². The monoisotopic (exact) mass is 337 g/mol. The molecule has 0 fully saturated rings. The second kappa shape index (κ2) is 3.83. The fourth-order valence-corrected chi connectivity index (χ4v) is 2.23. The molecule has 0 aliphatic carbocycles. The number of benzene rings is 1. The third-order valence-electron chi connectivity index (χ3n) is 2.05. The molecular weight excluding hydrogens is 332 g/mol. The molecule has 0 aliphatic rings. The molecule has 1 aromatic carbocycles. The third-order valence-corrected chi connectivity index (χ3v) is 3.58. The van der Waals surface area contributed by atoms with Gasteiger partial charge in [-0.1, -0.05) is 23.2 Å². The van der Waals surface area contributed by atoms with Crippen LogP contribution in [0.2, 0.25) is 10.2 Å². The van der Waals surface area contributed by atoms with Gasteiger partial charge in [0.15, 0.2) is 0 Å². The maximum absolute atomic E-state index is 6.18. The maximum Gasteiger partial charge on any atom is 0.134 e. The average molecular weight is 338 g/mol. The zero-order valence-electron chi connectivity index (χ0n) is 7.31. The van der Waals surface area contributed by atoms with Crippen LogP contribution in [-0.4, -0.2) is 4.98 Å². The van der Waals surface area contributed by atoms with E-state index in [1.807, 2.05) is 25.1 Å². The summed E-state index contributed by atoms with van der Waals surface area (Å²) in [6.45, 7) is 1.87. The van der Waals surface area contributed by atoms with E-state index in [4.69, 9.17) is 23.2 Å². The van der Waals surface area contributed by atoms with Gasteiger partial charge in [0.1, 0.15) is 5.15 Å². The third kappa shape index (κ3) is 1.71. The van der Waals surface area contributed by atoms with E-state index in [0.717, 1.165) is 20.0 Å². The van der Waals surface area contributed by atoms with Crippen molar-refractivity contribution in [2.75, 3.05) is 0 Å². The van der Waals surface area contributed by atoms with Gasteiger partial charge in [-0.15, -0.1) is 0 Å². The Bertz CT molecular complexity index is 511. The summed E-state index contributed by atoms with van der Waals surface area (Å²) in [7, 11) is 0. The van der Waals surface area contributed by atoms with Crippen molar-refractivity contribution in [3.8, 4) is 0 Å². The number of fused-ring (bicyclic) bond motifs is 1. The van der Waals surface area contributed by atoms with Gasteiger partial charge in [0.05, 0.1) is 10.5 Å². The lowest BCUT2D eigenvalue weighted by Gasteiger charge is -2.05. The van der Waals surface area contributed by atoms with Crippen molar-refractivity contribution >= 4 is 56.7 Å². The maximum atomic E-state index is 6.18. The normalized spacial score (nSPS) is 10.9. The van der Waals surface area contributed by atoms with Crippen LogP contribution in [0.1, 0.15) is 5.56 Å². The summed E-state index contributed by atoms with van der Waals surface area (Å²) < 4.78 is 1.14. The molecule has 72 valence electrons. The zero-order valence-corrected chi connectivity index (χ0v) is 11.0. The first kappa shape index (κ1) is 10.5. The minimum absolute atomic E-state index is 0.476. The molecule has 14 heavy (non-hydrogen) atoms. The second-order valence-electron chi connectivity index (χ2n) is 3.00. The van der Waals surface area contributed by atoms with Crippen LogP contribution in [0, 0.1) is 10.5 Å². The van der Waals surface area contributed by atoms with E-state index in [1.54, 1.807) is 0 Å². The number of rotatable bonds is 0. The Labute approximate surface area is 106 Å². The molecule has 0 N–H and O–H groups in total. The number of pyridine rings is 1. The zero-order chi connectivity index (χ0) is 10.3. The summed E-state index contributed by atoms with van der Waals surface area (Å²) in [5, 5.41) is 2.13. The van der Waals surface area contributed by atoms with Gasteiger partial charge in [-0.3, -0.25) is 0 Å². The van der Waals surface area contributed by atoms with Crippen molar-refractivity contribution < 1.29 is 0 Å². The van der Waals surface area contributed by atoms with Crippen LogP contribution in [0.4, 0.5) is 0 Å². The summed E-state index contributed by atoms with van der Waals surface area (Å²) >= 11 is 14.4. The molecule has 0 amide bonds. The number of nitrogens with zero attached hydrogens (tertiary/aromatic N) is 1. The van der Waals surface area contributed by atoms with Crippen molar-refractivity contribution in [1.29, 1.82) is 0 Å². The highest BCUT2D eigenvalue weighted by atomic mass is 127. The first-order valence-corrected chi connectivity index (χ1v) is 5.84. The number of aromatic nitrogens is 1. The van der Waals surface area contributed by atoms with Crippen molar-refractivity contribution in [1.82, 2.24) is 4.98 Å². The highest BCUT2D eigenvalue weighted by molar-refractivity contribution is 14.1. The van der Waals surface area contributed by atoms with Crippen molar-refractivity contribution in [2.45, 2.75) is 6.92 Å². The fourth-order valence-electron chi connectivity index (χ4n) is 1.26. The molecule has 0 unspecified atom stereocenters. The predicted molar refractivity (Wildman–Crippen MR) is 69.2 cm³/mol. The standard InChI is InChI=1S/C10H6Cl2IN/c1-5-9(11)7-4-6(13)2-3-8(7)14-10(5)12/h2-4H,1H3. The van der Waals surface area contributed by atoms with Crippen LogP contribution in [0.15, 0.2) is 18.2 Å². The van der Waals surface area contributed by atoms with Gasteiger partial charge < -0.3 is 0 Å². The number of halogens is 3. The van der Waals surface area contributed by atoms with Crippen LogP contribution in [0.5, 0.6) is 0 Å². The minimum atomic E-state index is 0.476. The number of hydrogen-bond donors (Lipinski definition) is 0. The smallest absolute Gasteiger partial charge is 0.134 e. The lowest BCUT2D eigenvalue weighted by Crippen LogP contribution is -1.87. The molecule has 2 rings (SSSR count). The van der Waals surface area contributed by atoms with Crippen LogP contribution >= 0.6 is 45.8 Å². The van der Waals surface area contributed by atoms with Gasteiger partial charge in [0, 0.05) is 14.5 Å². The Kier molecular flexibility index (Phi) is 2.86. The summed E-state index contributed by atoms with van der Waals surface area (Å²) in [4.78, 5) is 4.25. The van der Waals surface area contributed by atoms with E-state index in [-0.39, 0.29) is 0 Å². The van der Waals surface area contributed by atoms with Crippen molar-refractivity contribution in [3.63, 3.8) is 0 Å². The highest BCUT2D eigenvalue weighted by Gasteiger charge is 2.08. The molecule has 0 bridgehead atoms. The van der Waals surface area contributed by atoms with E-state index >= 15 is 0 Å². The van der Waals surface area contributed by atoms with Crippen LogP contribution in [0.25, 0.3) is 10.9 Å². The molecule has 0 aliphatic heterocycles. The van der Waals surface area contributed by atoms with Crippen molar-refractivity contribution in [2.24, 2.45) is 0 Å².